The van der Waals surface area contributed by atoms with Crippen LogP contribution in [0.2, 0.25) is 5.02 Å². The Bertz CT molecular complexity index is 696. The summed E-state index contributed by atoms with van der Waals surface area (Å²) in [6.45, 7) is 0. The minimum absolute atomic E-state index is 0.0206. The Kier molecular flexibility index (Phi) is 2.96. The molecule has 0 aromatic carbocycles. The summed E-state index contributed by atoms with van der Waals surface area (Å²) in [7, 11) is 2.91. The van der Waals surface area contributed by atoms with Crippen LogP contribution in [0.15, 0.2) is 28.0 Å². The summed E-state index contributed by atoms with van der Waals surface area (Å²) in [6, 6.07) is 1.60. The highest BCUT2D eigenvalue weighted by Crippen LogP contribution is 2.27. The van der Waals surface area contributed by atoms with E-state index in [9.17, 15) is 9.59 Å². The molecule has 0 aliphatic rings. The van der Waals surface area contributed by atoms with Crippen LogP contribution in [-0.2, 0) is 14.1 Å². The van der Waals surface area contributed by atoms with Crippen molar-refractivity contribution in [1.29, 1.82) is 0 Å². The van der Waals surface area contributed by atoms with Gasteiger partial charge in [-0.15, -0.1) is 0 Å². The Balaban J connectivity index is 2.94. The molecule has 2 aromatic heterocycles. The standard InChI is InChI=1S/C11H11ClN4O2/c1-15-9(6-3-4-14-5-7(6)12)8(13)10(17)16(2)11(15)18/h3-5H,13H2,1-2H3. The van der Waals surface area contributed by atoms with Crippen molar-refractivity contribution in [3.8, 4) is 11.3 Å². The van der Waals surface area contributed by atoms with E-state index in [0.29, 0.717) is 16.3 Å². The van der Waals surface area contributed by atoms with Gasteiger partial charge in [0.1, 0.15) is 5.69 Å². The highest BCUT2D eigenvalue weighted by atomic mass is 35.5. The first-order valence-electron chi connectivity index (χ1n) is 5.10. The number of rotatable bonds is 1. The lowest BCUT2D eigenvalue weighted by Gasteiger charge is -2.13. The second-order valence-electron chi connectivity index (χ2n) is 3.82. The van der Waals surface area contributed by atoms with Gasteiger partial charge in [0.25, 0.3) is 5.56 Å². The number of pyridine rings is 1. The van der Waals surface area contributed by atoms with Gasteiger partial charge in [-0.05, 0) is 6.07 Å². The molecule has 0 aliphatic heterocycles. The second-order valence-corrected chi connectivity index (χ2v) is 4.23. The van der Waals surface area contributed by atoms with Gasteiger partial charge in [0, 0.05) is 32.1 Å². The van der Waals surface area contributed by atoms with Crippen LogP contribution < -0.4 is 17.0 Å². The molecule has 0 bridgehead atoms. The number of nitrogens with zero attached hydrogens (tertiary/aromatic N) is 3. The highest BCUT2D eigenvalue weighted by molar-refractivity contribution is 6.33. The minimum atomic E-state index is -0.541. The summed E-state index contributed by atoms with van der Waals surface area (Å²) >= 11 is 6.00. The van der Waals surface area contributed by atoms with Crippen LogP contribution >= 0.6 is 11.6 Å². The lowest BCUT2D eigenvalue weighted by Crippen LogP contribution is -2.39. The zero-order valence-corrected chi connectivity index (χ0v) is 10.6. The van der Waals surface area contributed by atoms with Gasteiger partial charge < -0.3 is 5.73 Å². The molecular formula is C11H11ClN4O2. The van der Waals surface area contributed by atoms with E-state index in [1.165, 1.54) is 31.1 Å². The molecule has 0 fully saturated rings. The normalized spacial score (nSPS) is 10.6. The van der Waals surface area contributed by atoms with Gasteiger partial charge in [0.15, 0.2) is 0 Å². The van der Waals surface area contributed by atoms with Crippen LogP contribution in [0, 0.1) is 0 Å². The van der Waals surface area contributed by atoms with Crippen molar-refractivity contribution in [2.24, 2.45) is 14.1 Å². The Labute approximate surface area is 107 Å². The fourth-order valence-electron chi connectivity index (χ4n) is 1.76. The van der Waals surface area contributed by atoms with E-state index < -0.39 is 11.2 Å². The molecule has 0 atom stereocenters. The first kappa shape index (κ1) is 12.4. The van der Waals surface area contributed by atoms with E-state index in [4.69, 9.17) is 17.3 Å². The summed E-state index contributed by atoms with van der Waals surface area (Å²) in [6.07, 6.45) is 2.95. The van der Waals surface area contributed by atoms with E-state index in [0.717, 1.165) is 4.57 Å². The molecule has 2 N–H and O–H groups in total. The molecule has 0 radical (unpaired) electrons. The van der Waals surface area contributed by atoms with E-state index in [-0.39, 0.29) is 5.69 Å². The van der Waals surface area contributed by atoms with Crippen LogP contribution in [0.25, 0.3) is 11.3 Å². The smallest absolute Gasteiger partial charge is 0.331 e. The number of hydrogen-bond acceptors (Lipinski definition) is 4. The van der Waals surface area contributed by atoms with Crippen LogP contribution in [0.5, 0.6) is 0 Å². The fourth-order valence-corrected chi connectivity index (χ4v) is 1.97. The third kappa shape index (κ3) is 1.70. The molecule has 0 aliphatic carbocycles. The number of nitrogens with two attached hydrogens (primary N) is 1. The summed E-state index contributed by atoms with van der Waals surface area (Å²) in [5.41, 5.74) is 5.56. The molecule has 7 heteroatoms. The predicted octanol–water partition coefficient (Wildman–Crippen LogP) is 0.382. The maximum Gasteiger partial charge on any atom is 0.331 e. The van der Waals surface area contributed by atoms with E-state index in [1.54, 1.807) is 6.07 Å². The van der Waals surface area contributed by atoms with Crippen molar-refractivity contribution in [2.45, 2.75) is 0 Å². The predicted molar refractivity (Wildman–Crippen MR) is 69.6 cm³/mol. The molecule has 0 spiro atoms. The van der Waals surface area contributed by atoms with Crippen molar-refractivity contribution in [3.05, 3.63) is 44.3 Å². The molecule has 0 amide bonds. The SMILES string of the molecule is Cn1c(-c2ccncc2Cl)c(N)c(=O)n(C)c1=O. The molecule has 2 rings (SSSR count). The molecular weight excluding hydrogens is 256 g/mol. The Hall–Kier alpha value is -2.08. The van der Waals surface area contributed by atoms with Crippen molar-refractivity contribution in [2.75, 3.05) is 5.73 Å². The van der Waals surface area contributed by atoms with Gasteiger partial charge in [-0.1, -0.05) is 11.6 Å². The number of hydrogen-bond donors (Lipinski definition) is 1. The van der Waals surface area contributed by atoms with Crippen molar-refractivity contribution >= 4 is 17.3 Å². The Morgan fingerprint density at radius 1 is 1.28 bits per heavy atom. The molecule has 0 unspecified atom stereocenters. The van der Waals surface area contributed by atoms with E-state index in [2.05, 4.69) is 4.98 Å². The summed E-state index contributed by atoms with van der Waals surface area (Å²) in [5.74, 6) is 0. The van der Waals surface area contributed by atoms with Crippen molar-refractivity contribution in [1.82, 2.24) is 14.1 Å². The highest BCUT2D eigenvalue weighted by Gasteiger charge is 2.16. The van der Waals surface area contributed by atoms with Crippen LogP contribution in [0.4, 0.5) is 5.69 Å². The van der Waals surface area contributed by atoms with Gasteiger partial charge in [0.05, 0.1) is 10.7 Å². The first-order valence-corrected chi connectivity index (χ1v) is 5.48. The van der Waals surface area contributed by atoms with Crippen LogP contribution in [0.1, 0.15) is 0 Å². The average Bonchev–Trinajstić information content (AvgIpc) is 2.36. The number of halogens is 1. The van der Waals surface area contributed by atoms with Crippen LogP contribution in [0.3, 0.4) is 0 Å². The summed E-state index contributed by atoms with van der Waals surface area (Å²) < 4.78 is 2.24. The third-order valence-electron chi connectivity index (χ3n) is 2.73. The zero-order chi connectivity index (χ0) is 13.4. The summed E-state index contributed by atoms with van der Waals surface area (Å²) in [4.78, 5) is 27.5. The lowest BCUT2D eigenvalue weighted by atomic mass is 10.1. The number of anilines is 1. The van der Waals surface area contributed by atoms with Crippen LogP contribution in [-0.4, -0.2) is 14.1 Å². The topological polar surface area (TPSA) is 82.9 Å². The fraction of sp³-hybridized carbons (Fsp3) is 0.182. The Morgan fingerprint density at radius 3 is 2.56 bits per heavy atom. The van der Waals surface area contributed by atoms with Crippen molar-refractivity contribution in [3.63, 3.8) is 0 Å². The van der Waals surface area contributed by atoms with Gasteiger partial charge in [-0.25, -0.2) is 4.79 Å². The lowest BCUT2D eigenvalue weighted by molar-refractivity contribution is 0.695. The third-order valence-corrected chi connectivity index (χ3v) is 3.03. The first-order chi connectivity index (χ1) is 8.45. The monoisotopic (exact) mass is 266 g/mol. The number of aromatic nitrogens is 3. The second kappa shape index (κ2) is 4.30. The van der Waals surface area contributed by atoms with Gasteiger partial charge >= 0.3 is 5.69 Å². The largest absolute Gasteiger partial charge is 0.393 e. The molecule has 18 heavy (non-hydrogen) atoms. The number of nitrogen functional groups attached to an aromatic ring is 1. The maximum atomic E-state index is 11.9. The quantitative estimate of drug-likeness (QED) is 0.809. The van der Waals surface area contributed by atoms with Gasteiger partial charge in [0.2, 0.25) is 0 Å². The van der Waals surface area contributed by atoms with Gasteiger partial charge in [-0.2, -0.15) is 0 Å². The van der Waals surface area contributed by atoms with E-state index >= 15 is 0 Å². The maximum absolute atomic E-state index is 11.9. The Morgan fingerprint density at radius 2 is 1.94 bits per heavy atom. The molecule has 94 valence electrons. The minimum Gasteiger partial charge on any atom is -0.393 e. The molecule has 0 saturated carbocycles. The van der Waals surface area contributed by atoms with Crippen molar-refractivity contribution < 1.29 is 0 Å². The molecule has 6 nitrogen and oxygen atoms in total. The zero-order valence-electron chi connectivity index (χ0n) is 9.85. The average molecular weight is 267 g/mol. The summed E-state index contributed by atoms with van der Waals surface area (Å²) in [5, 5.41) is 0.326. The molecule has 0 saturated heterocycles. The molecule has 2 aromatic rings. The molecule has 2 heterocycles. The van der Waals surface area contributed by atoms with Gasteiger partial charge in [-0.3, -0.25) is 18.9 Å². The van der Waals surface area contributed by atoms with E-state index in [1.807, 2.05) is 0 Å².